The van der Waals surface area contributed by atoms with E-state index in [4.69, 9.17) is 0 Å². The molecule has 2 aliphatic heterocycles. The third-order valence-electron chi connectivity index (χ3n) is 5.75. The minimum absolute atomic E-state index is 0.199. The van der Waals surface area contributed by atoms with Crippen molar-refractivity contribution in [1.82, 2.24) is 20.9 Å². The maximum atomic E-state index is 12.8. The average molecular weight is 348 g/mol. The first-order valence-corrected chi connectivity index (χ1v) is 9.33. The summed E-state index contributed by atoms with van der Waals surface area (Å²) in [6.45, 7) is 4.17. The highest BCUT2D eigenvalue weighted by molar-refractivity contribution is 6.09. The number of hydrogen-bond donors (Lipinski definition) is 3. The third-order valence-corrected chi connectivity index (χ3v) is 5.75. The van der Waals surface area contributed by atoms with Gasteiger partial charge in [0.2, 0.25) is 5.91 Å². The van der Waals surface area contributed by atoms with E-state index in [1.807, 2.05) is 0 Å². The summed E-state index contributed by atoms with van der Waals surface area (Å²) in [5.74, 6) is 0.108. The quantitative estimate of drug-likeness (QED) is 0.509. The lowest BCUT2D eigenvalue weighted by Gasteiger charge is -2.34. The van der Waals surface area contributed by atoms with Gasteiger partial charge in [-0.1, -0.05) is 25.0 Å². The van der Waals surface area contributed by atoms with Crippen LogP contribution in [-0.4, -0.2) is 54.5 Å². The van der Waals surface area contributed by atoms with Crippen molar-refractivity contribution >= 4 is 17.8 Å². The summed E-state index contributed by atoms with van der Waals surface area (Å²) in [6, 6.07) is -0.434. The molecule has 0 aromatic carbocycles. The van der Waals surface area contributed by atoms with Crippen LogP contribution in [0.15, 0.2) is 11.6 Å². The van der Waals surface area contributed by atoms with Crippen molar-refractivity contribution in [3.63, 3.8) is 0 Å². The molecule has 1 spiro atoms. The van der Waals surface area contributed by atoms with Gasteiger partial charge in [-0.3, -0.25) is 14.5 Å². The molecule has 0 radical (unpaired) electrons. The van der Waals surface area contributed by atoms with Gasteiger partial charge < -0.3 is 16.0 Å². The monoisotopic (exact) mass is 348 g/mol. The van der Waals surface area contributed by atoms with Crippen molar-refractivity contribution in [2.75, 3.05) is 26.2 Å². The number of carbonyl (C=O) groups is 3. The normalized spacial score (nSPS) is 29.6. The van der Waals surface area contributed by atoms with Crippen molar-refractivity contribution in [2.24, 2.45) is 5.92 Å². The summed E-state index contributed by atoms with van der Waals surface area (Å²) in [5.41, 5.74) is 0.402. The van der Waals surface area contributed by atoms with E-state index in [2.05, 4.69) is 29.0 Å². The number of urea groups is 1. The molecule has 7 nitrogen and oxygen atoms in total. The largest absolute Gasteiger partial charge is 0.351 e. The second-order valence-electron chi connectivity index (χ2n) is 7.35. The Labute approximate surface area is 148 Å². The van der Waals surface area contributed by atoms with Crippen molar-refractivity contribution in [2.45, 2.75) is 51.0 Å². The fourth-order valence-electron chi connectivity index (χ4n) is 3.98. The highest BCUT2D eigenvalue weighted by Crippen LogP contribution is 2.37. The number of carbonyl (C=O) groups excluding carboxylic acids is 3. The van der Waals surface area contributed by atoms with Gasteiger partial charge in [0.1, 0.15) is 12.1 Å². The van der Waals surface area contributed by atoms with E-state index in [0.29, 0.717) is 25.3 Å². The number of hydrogen-bond acceptors (Lipinski definition) is 4. The zero-order valence-electron chi connectivity index (χ0n) is 14.9. The third kappa shape index (κ3) is 3.86. The molecule has 3 N–H and O–H groups in total. The predicted molar refractivity (Wildman–Crippen MR) is 93.8 cm³/mol. The van der Waals surface area contributed by atoms with E-state index in [0.717, 1.165) is 43.7 Å². The van der Waals surface area contributed by atoms with Crippen molar-refractivity contribution < 1.29 is 14.4 Å². The first-order valence-electron chi connectivity index (χ1n) is 9.33. The molecule has 1 aliphatic carbocycles. The summed E-state index contributed by atoms with van der Waals surface area (Å²) in [6.07, 6.45) is 7.33. The molecule has 3 rings (SSSR count). The van der Waals surface area contributed by atoms with E-state index in [-0.39, 0.29) is 18.4 Å². The predicted octanol–water partition coefficient (Wildman–Crippen LogP) is 0.913. The number of amides is 4. The Morgan fingerprint density at radius 2 is 2.12 bits per heavy atom. The van der Waals surface area contributed by atoms with Crippen LogP contribution in [0.1, 0.15) is 45.4 Å². The van der Waals surface area contributed by atoms with Crippen molar-refractivity contribution in [3.05, 3.63) is 11.6 Å². The molecular formula is C18H28N4O3. The first-order chi connectivity index (χ1) is 12.0. The van der Waals surface area contributed by atoms with Gasteiger partial charge in [-0.25, -0.2) is 4.79 Å². The summed E-state index contributed by atoms with van der Waals surface area (Å²) in [7, 11) is 0. The van der Waals surface area contributed by atoms with Crippen molar-refractivity contribution in [1.29, 1.82) is 0 Å². The molecule has 1 saturated carbocycles. The molecule has 0 atom stereocenters. The van der Waals surface area contributed by atoms with E-state index in [1.165, 1.54) is 5.57 Å². The van der Waals surface area contributed by atoms with Gasteiger partial charge in [-0.15, -0.1) is 0 Å². The van der Waals surface area contributed by atoms with Crippen LogP contribution in [0.25, 0.3) is 0 Å². The van der Waals surface area contributed by atoms with Crippen LogP contribution >= 0.6 is 0 Å². The van der Waals surface area contributed by atoms with Crippen LogP contribution in [0, 0.1) is 5.92 Å². The van der Waals surface area contributed by atoms with Gasteiger partial charge in [0.05, 0.1) is 0 Å². The fourth-order valence-corrected chi connectivity index (χ4v) is 3.98. The van der Waals surface area contributed by atoms with Gasteiger partial charge in [0.25, 0.3) is 5.91 Å². The van der Waals surface area contributed by atoms with E-state index >= 15 is 0 Å². The van der Waals surface area contributed by atoms with E-state index in [1.54, 1.807) is 0 Å². The molecule has 2 fully saturated rings. The summed E-state index contributed by atoms with van der Waals surface area (Å²) >= 11 is 0. The molecule has 3 aliphatic rings. The molecule has 7 heteroatoms. The number of nitrogens with one attached hydrogen (secondary N) is 3. The van der Waals surface area contributed by atoms with Crippen LogP contribution in [0.5, 0.6) is 0 Å². The summed E-state index contributed by atoms with van der Waals surface area (Å²) in [5, 5.41) is 8.90. The molecule has 4 amide bonds. The van der Waals surface area contributed by atoms with Crippen molar-refractivity contribution in [3.8, 4) is 0 Å². The van der Waals surface area contributed by atoms with Gasteiger partial charge in [0, 0.05) is 13.1 Å². The van der Waals surface area contributed by atoms with Gasteiger partial charge in [-0.05, 0) is 44.6 Å². The number of imide groups is 1. The molecule has 2 heterocycles. The van der Waals surface area contributed by atoms with Crippen LogP contribution in [0.4, 0.5) is 4.79 Å². The van der Waals surface area contributed by atoms with Crippen LogP contribution in [0.2, 0.25) is 0 Å². The summed E-state index contributed by atoms with van der Waals surface area (Å²) in [4.78, 5) is 38.3. The Hall–Kier alpha value is -1.89. The topological polar surface area (TPSA) is 90.5 Å². The minimum Gasteiger partial charge on any atom is -0.351 e. The van der Waals surface area contributed by atoms with E-state index in [9.17, 15) is 14.4 Å². The zero-order chi connectivity index (χ0) is 17.9. The zero-order valence-corrected chi connectivity index (χ0v) is 14.9. The first kappa shape index (κ1) is 17.9. The van der Waals surface area contributed by atoms with Gasteiger partial charge >= 0.3 is 6.03 Å². The van der Waals surface area contributed by atoms with Gasteiger partial charge in [0.15, 0.2) is 0 Å². The summed E-state index contributed by atoms with van der Waals surface area (Å²) < 4.78 is 0. The van der Waals surface area contributed by atoms with Crippen LogP contribution in [0.3, 0.4) is 0 Å². The maximum absolute atomic E-state index is 12.8. The molecule has 0 bridgehead atoms. The molecule has 0 unspecified atom stereocenters. The average Bonchev–Trinajstić information content (AvgIpc) is 2.86. The smallest absolute Gasteiger partial charge is 0.325 e. The second kappa shape index (κ2) is 7.56. The molecule has 0 aromatic rings. The standard InChI is InChI=1S/C18H28N4O3/c1-2-13-3-7-18(8-4-13)16(24)22(17(25)21-18)12-15(23)20-11-14-5-9-19-10-6-14/h5,13,19H,2-4,6-12H2,1H3,(H,20,23)(H,21,25). The maximum Gasteiger partial charge on any atom is 0.325 e. The SMILES string of the molecule is CCC1CCC2(CC1)NC(=O)N(CC(=O)NCC1=CCNCC1)C2=O. The second-order valence-corrected chi connectivity index (χ2v) is 7.35. The lowest BCUT2D eigenvalue weighted by atomic mass is 9.75. The Kier molecular flexibility index (Phi) is 5.42. The molecule has 25 heavy (non-hydrogen) atoms. The number of nitrogens with zero attached hydrogens (tertiary/aromatic N) is 1. The fraction of sp³-hybridized carbons (Fsp3) is 0.722. The van der Waals surface area contributed by atoms with Crippen LogP contribution < -0.4 is 16.0 Å². The lowest BCUT2D eigenvalue weighted by Crippen LogP contribution is -2.50. The highest BCUT2D eigenvalue weighted by Gasteiger charge is 2.52. The molecule has 0 aromatic heterocycles. The Bertz CT molecular complexity index is 579. The highest BCUT2D eigenvalue weighted by atomic mass is 16.2. The number of rotatable bonds is 5. The van der Waals surface area contributed by atoms with E-state index < -0.39 is 11.6 Å². The molecular weight excluding hydrogens is 320 g/mol. The Morgan fingerprint density at radius 3 is 2.76 bits per heavy atom. The Morgan fingerprint density at radius 1 is 1.36 bits per heavy atom. The molecule has 1 saturated heterocycles. The molecule has 138 valence electrons. The van der Waals surface area contributed by atoms with Gasteiger partial charge in [-0.2, -0.15) is 0 Å². The minimum atomic E-state index is -0.777. The van der Waals surface area contributed by atoms with Crippen LogP contribution in [-0.2, 0) is 9.59 Å². The lowest BCUT2D eigenvalue weighted by molar-refractivity contribution is -0.136. The Balaban J connectivity index is 1.54.